The van der Waals surface area contributed by atoms with Gasteiger partial charge in [0, 0.05) is 25.1 Å². The summed E-state index contributed by atoms with van der Waals surface area (Å²) < 4.78 is 0.513. The van der Waals surface area contributed by atoms with Crippen molar-refractivity contribution in [2.75, 3.05) is 13.6 Å². The summed E-state index contributed by atoms with van der Waals surface area (Å²) in [6.45, 7) is 0.271. The molecule has 0 aromatic heterocycles. The third-order valence-corrected chi connectivity index (χ3v) is 4.79. The number of amides is 2. The van der Waals surface area contributed by atoms with Crippen molar-refractivity contribution in [2.45, 2.75) is 12.8 Å². The van der Waals surface area contributed by atoms with Crippen LogP contribution in [-0.4, -0.2) is 40.6 Å². The van der Waals surface area contributed by atoms with E-state index in [1.54, 1.807) is 37.4 Å². The van der Waals surface area contributed by atoms with E-state index in [1.165, 1.54) is 16.7 Å². The minimum absolute atomic E-state index is 0.0885. The van der Waals surface area contributed by atoms with Gasteiger partial charge in [0.05, 0.1) is 4.91 Å². The molecule has 6 nitrogen and oxygen atoms in total. The predicted molar refractivity (Wildman–Crippen MR) is 94.0 cm³/mol. The van der Waals surface area contributed by atoms with E-state index >= 15 is 0 Å². The van der Waals surface area contributed by atoms with Crippen LogP contribution in [-0.2, 0) is 9.59 Å². The first-order valence-electron chi connectivity index (χ1n) is 7.18. The van der Waals surface area contributed by atoms with E-state index in [9.17, 15) is 19.5 Å². The topological polar surface area (TPSA) is 89.5 Å². The molecule has 8 heteroatoms. The minimum Gasteiger partial charge on any atom is -0.550 e. The van der Waals surface area contributed by atoms with Crippen LogP contribution in [0.2, 0.25) is 0 Å². The largest absolute Gasteiger partial charge is 0.550 e. The summed E-state index contributed by atoms with van der Waals surface area (Å²) >= 11 is 6.31. The molecule has 1 aliphatic rings. The number of carboxylic acids is 1. The number of likely N-dealkylation sites (N-methyl/N-ethyl adjacent to an activating group) is 1. The monoisotopic (exact) mass is 363 g/mol. The zero-order chi connectivity index (χ0) is 17.7. The molecule has 0 radical (unpaired) electrons. The Kier molecular flexibility index (Phi) is 6.10. The van der Waals surface area contributed by atoms with Crippen LogP contribution in [0.25, 0.3) is 6.08 Å². The highest BCUT2D eigenvalue weighted by atomic mass is 32.2. The highest BCUT2D eigenvalue weighted by molar-refractivity contribution is 8.26. The second kappa shape index (κ2) is 8.07. The molecule has 0 bridgehead atoms. The first-order chi connectivity index (χ1) is 11.4. The molecule has 1 N–H and O–H groups in total. The number of rotatable bonds is 6. The summed E-state index contributed by atoms with van der Waals surface area (Å²) in [7, 11) is 1.63. The van der Waals surface area contributed by atoms with Crippen LogP contribution in [0.3, 0.4) is 0 Å². The Balaban J connectivity index is 1.96. The summed E-state index contributed by atoms with van der Waals surface area (Å²) in [6, 6.07) is 6.76. The average molecular weight is 363 g/mol. The second-order valence-electron chi connectivity index (χ2n) is 5.09. The predicted octanol–water partition coefficient (Wildman–Crippen LogP) is 0.777. The van der Waals surface area contributed by atoms with Gasteiger partial charge in [-0.2, -0.15) is 0 Å². The maximum Gasteiger partial charge on any atom is 0.265 e. The van der Waals surface area contributed by atoms with E-state index in [1.807, 2.05) is 0 Å². The molecule has 0 spiro atoms. The van der Waals surface area contributed by atoms with Gasteiger partial charge in [0.25, 0.3) is 11.8 Å². The fourth-order valence-corrected chi connectivity index (χ4v) is 3.14. The van der Waals surface area contributed by atoms with Gasteiger partial charge in [0.1, 0.15) is 4.32 Å². The zero-order valence-electron chi connectivity index (χ0n) is 12.9. The molecule has 2 amide bonds. The van der Waals surface area contributed by atoms with Crippen LogP contribution in [0.5, 0.6) is 0 Å². The Hall–Kier alpha value is -2.19. The van der Waals surface area contributed by atoms with Crippen molar-refractivity contribution in [3.05, 3.63) is 40.3 Å². The van der Waals surface area contributed by atoms with Gasteiger partial charge in [-0.1, -0.05) is 36.1 Å². The van der Waals surface area contributed by atoms with Gasteiger partial charge in [-0.05, 0) is 36.6 Å². The Morgan fingerprint density at radius 1 is 1.33 bits per heavy atom. The summed E-state index contributed by atoms with van der Waals surface area (Å²) in [5.41, 5.74) is 1.25. The Morgan fingerprint density at radius 2 is 2.00 bits per heavy atom. The van der Waals surface area contributed by atoms with Gasteiger partial charge in [0.2, 0.25) is 0 Å². The molecule has 1 aliphatic heterocycles. The fraction of sp³-hybridized carbons (Fsp3) is 0.250. The molecule has 0 aliphatic carbocycles. The van der Waals surface area contributed by atoms with Crippen LogP contribution >= 0.6 is 24.0 Å². The summed E-state index contributed by atoms with van der Waals surface area (Å²) in [5.74, 6) is -1.55. The molecular formula is C16H15N2O4S2-. The summed E-state index contributed by atoms with van der Waals surface area (Å²) in [5, 5.41) is 12.9. The van der Waals surface area contributed by atoms with Crippen molar-refractivity contribution in [1.82, 2.24) is 10.2 Å². The number of thioether (sulfide) groups is 1. The lowest BCUT2D eigenvalue weighted by Crippen LogP contribution is -2.27. The number of hydrogen-bond acceptors (Lipinski definition) is 6. The number of carboxylic acid groups (broad SMARTS) is 1. The molecule has 1 saturated heterocycles. The lowest BCUT2D eigenvalue weighted by molar-refractivity contribution is -0.305. The SMILES string of the molecule is CN1C(=O)/C(=C/c2ccc(C(=O)NCCCC(=O)[O-])cc2)SC1=S. The van der Waals surface area contributed by atoms with Crippen molar-refractivity contribution in [1.29, 1.82) is 0 Å². The molecule has 1 heterocycles. The quantitative estimate of drug-likeness (QED) is 0.456. The van der Waals surface area contributed by atoms with Crippen LogP contribution < -0.4 is 10.4 Å². The number of thiocarbonyl (C=S) groups is 1. The number of carbonyl (C=O) groups excluding carboxylic acids is 3. The molecule has 126 valence electrons. The second-order valence-corrected chi connectivity index (χ2v) is 6.77. The number of aliphatic carboxylic acids is 1. The van der Waals surface area contributed by atoms with Crippen molar-refractivity contribution >= 4 is 52.2 Å². The fourth-order valence-electron chi connectivity index (χ4n) is 1.96. The van der Waals surface area contributed by atoms with Gasteiger partial charge in [-0.15, -0.1) is 0 Å². The zero-order valence-corrected chi connectivity index (χ0v) is 14.5. The molecule has 0 unspecified atom stereocenters. The molecular weight excluding hydrogens is 348 g/mol. The highest BCUT2D eigenvalue weighted by Crippen LogP contribution is 2.31. The van der Waals surface area contributed by atoms with Crippen LogP contribution in [0.4, 0.5) is 0 Å². The van der Waals surface area contributed by atoms with Crippen LogP contribution in [0, 0.1) is 0 Å². The van der Waals surface area contributed by atoms with E-state index < -0.39 is 5.97 Å². The van der Waals surface area contributed by atoms with Gasteiger partial charge in [-0.3, -0.25) is 14.5 Å². The van der Waals surface area contributed by atoms with Crippen LogP contribution in [0.15, 0.2) is 29.2 Å². The normalized spacial score (nSPS) is 15.9. The minimum atomic E-state index is -1.13. The number of hydrogen-bond donors (Lipinski definition) is 1. The molecule has 0 saturated carbocycles. The molecule has 1 fully saturated rings. The van der Waals surface area contributed by atoms with E-state index in [2.05, 4.69) is 5.32 Å². The van der Waals surface area contributed by atoms with Crippen molar-refractivity contribution in [3.63, 3.8) is 0 Å². The lowest BCUT2D eigenvalue weighted by atomic mass is 10.1. The van der Waals surface area contributed by atoms with Crippen molar-refractivity contribution < 1.29 is 19.5 Å². The summed E-state index contributed by atoms with van der Waals surface area (Å²) in [6.07, 6.45) is 1.96. The highest BCUT2D eigenvalue weighted by Gasteiger charge is 2.28. The van der Waals surface area contributed by atoms with E-state index in [-0.39, 0.29) is 24.8 Å². The maximum atomic E-state index is 11.9. The maximum absolute atomic E-state index is 11.9. The average Bonchev–Trinajstić information content (AvgIpc) is 2.79. The molecule has 1 aromatic carbocycles. The molecule has 24 heavy (non-hydrogen) atoms. The first kappa shape index (κ1) is 18.2. The van der Waals surface area contributed by atoms with Gasteiger partial charge in [0.15, 0.2) is 0 Å². The third kappa shape index (κ3) is 4.65. The number of carbonyl (C=O) groups is 3. The van der Waals surface area contributed by atoms with Crippen LogP contribution in [0.1, 0.15) is 28.8 Å². The van der Waals surface area contributed by atoms with Gasteiger partial charge < -0.3 is 15.2 Å². The standard InChI is InChI=1S/C16H16N2O4S2/c1-18-15(22)12(24-16(18)23)9-10-4-6-11(7-5-10)14(21)17-8-2-3-13(19)20/h4-7,9H,2-3,8H2,1H3,(H,17,21)(H,19,20)/p-1/b12-9-. The number of benzene rings is 1. The molecule has 2 rings (SSSR count). The van der Waals surface area contributed by atoms with Gasteiger partial charge >= 0.3 is 0 Å². The van der Waals surface area contributed by atoms with E-state index in [0.29, 0.717) is 21.2 Å². The van der Waals surface area contributed by atoms with Gasteiger partial charge in [-0.25, -0.2) is 0 Å². The van der Waals surface area contributed by atoms with Crippen molar-refractivity contribution in [2.24, 2.45) is 0 Å². The van der Waals surface area contributed by atoms with Crippen molar-refractivity contribution in [3.8, 4) is 0 Å². The number of nitrogens with one attached hydrogen (secondary N) is 1. The smallest absolute Gasteiger partial charge is 0.265 e. The van der Waals surface area contributed by atoms with E-state index in [4.69, 9.17) is 12.2 Å². The lowest BCUT2D eigenvalue weighted by Gasteiger charge is -2.06. The van der Waals surface area contributed by atoms with E-state index in [0.717, 1.165) is 5.56 Å². The molecule has 0 atom stereocenters. The Bertz CT molecular complexity index is 713. The Labute approximate surface area is 148 Å². The number of nitrogens with zero attached hydrogens (tertiary/aromatic N) is 1. The first-order valence-corrected chi connectivity index (χ1v) is 8.40. The third-order valence-electron chi connectivity index (χ3n) is 3.30. The summed E-state index contributed by atoms with van der Waals surface area (Å²) in [4.78, 5) is 36.1. The molecule has 1 aromatic rings. The Morgan fingerprint density at radius 3 is 2.54 bits per heavy atom.